The molecule has 1 aromatic heterocycles. The van der Waals surface area contributed by atoms with E-state index in [4.69, 9.17) is 0 Å². The highest BCUT2D eigenvalue weighted by atomic mass is 32.2. The molecule has 9 nitrogen and oxygen atoms in total. The van der Waals surface area contributed by atoms with Crippen molar-refractivity contribution in [2.75, 3.05) is 18.8 Å². The molecule has 4 amide bonds. The maximum Gasteiger partial charge on any atom is 0.325 e. The number of hydrogen-bond donors (Lipinski definition) is 3. The van der Waals surface area contributed by atoms with Crippen molar-refractivity contribution in [2.24, 2.45) is 0 Å². The van der Waals surface area contributed by atoms with Gasteiger partial charge in [-0.3, -0.25) is 14.5 Å². The van der Waals surface area contributed by atoms with Crippen LogP contribution in [0.5, 0.6) is 0 Å². The van der Waals surface area contributed by atoms with Crippen LogP contribution in [0, 0.1) is 0 Å². The number of nitrogens with zero attached hydrogens (tertiary/aromatic N) is 3. The third-order valence-electron chi connectivity index (χ3n) is 2.81. The molecule has 0 aliphatic carbocycles. The van der Waals surface area contributed by atoms with Gasteiger partial charge in [0.1, 0.15) is 17.1 Å². The predicted molar refractivity (Wildman–Crippen MR) is 74.4 cm³/mol. The Morgan fingerprint density at radius 3 is 2.81 bits per heavy atom. The van der Waals surface area contributed by atoms with Gasteiger partial charge in [-0.1, -0.05) is 0 Å². The summed E-state index contributed by atoms with van der Waals surface area (Å²) in [4.78, 5) is 36.2. The summed E-state index contributed by atoms with van der Waals surface area (Å²) in [6.07, 6.45) is 1.59. The summed E-state index contributed by atoms with van der Waals surface area (Å²) in [6, 6.07) is -0.544. The molecule has 1 aliphatic heterocycles. The monoisotopic (exact) mass is 312 g/mol. The highest BCUT2D eigenvalue weighted by Gasteiger charge is 2.44. The quantitative estimate of drug-likeness (QED) is 0.364. The van der Waals surface area contributed by atoms with E-state index in [1.54, 1.807) is 20.0 Å². The van der Waals surface area contributed by atoms with Crippen LogP contribution in [0.15, 0.2) is 11.2 Å². The zero-order valence-corrected chi connectivity index (χ0v) is 12.5. The van der Waals surface area contributed by atoms with Crippen molar-refractivity contribution in [1.82, 2.24) is 30.9 Å². The van der Waals surface area contributed by atoms with Crippen LogP contribution in [0.25, 0.3) is 0 Å². The molecule has 1 aromatic rings. The minimum Gasteiger partial charge on any atom is -0.354 e. The number of imide groups is 1. The molecule has 114 valence electrons. The first-order valence-corrected chi connectivity index (χ1v) is 7.28. The molecule has 0 radical (unpaired) electrons. The summed E-state index contributed by atoms with van der Waals surface area (Å²) in [7, 11) is 0. The van der Waals surface area contributed by atoms with Gasteiger partial charge in [-0.05, 0) is 13.8 Å². The summed E-state index contributed by atoms with van der Waals surface area (Å²) in [5.41, 5.74) is -0.958. The van der Waals surface area contributed by atoms with E-state index >= 15 is 0 Å². The molecular weight excluding hydrogens is 296 g/mol. The molecular formula is C11H16N6O3S. The SMILES string of the molecule is CC1(C)NC(=O)N(CC(=O)NCCSc2cn[nH]n2)C1=O. The van der Waals surface area contributed by atoms with E-state index in [9.17, 15) is 14.4 Å². The van der Waals surface area contributed by atoms with Crippen molar-refractivity contribution in [3.05, 3.63) is 6.20 Å². The van der Waals surface area contributed by atoms with Gasteiger partial charge in [0, 0.05) is 12.3 Å². The summed E-state index contributed by atoms with van der Waals surface area (Å²) >= 11 is 1.43. The highest BCUT2D eigenvalue weighted by Crippen LogP contribution is 2.16. The molecule has 21 heavy (non-hydrogen) atoms. The van der Waals surface area contributed by atoms with Crippen LogP contribution >= 0.6 is 11.8 Å². The van der Waals surface area contributed by atoms with Crippen molar-refractivity contribution in [2.45, 2.75) is 24.4 Å². The molecule has 0 unspecified atom stereocenters. The van der Waals surface area contributed by atoms with E-state index in [1.807, 2.05) is 0 Å². The molecule has 1 fully saturated rings. The fourth-order valence-corrected chi connectivity index (χ4v) is 2.41. The van der Waals surface area contributed by atoms with Crippen LogP contribution in [-0.4, -0.2) is 62.5 Å². The third kappa shape index (κ3) is 3.72. The Kier molecular flexibility index (Phi) is 4.46. The molecule has 0 saturated carbocycles. The Balaban J connectivity index is 1.72. The molecule has 2 rings (SSSR count). The van der Waals surface area contributed by atoms with Gasteiger partial charge in [0.15, 0.2) is 0 Å². The summed E-state index contributed by atoms with van der Waals surface area (Å²) < 4.78 is 0. The van der Waals surface area contributed by atoms with Gasteiger partial charge in [0.25, 0.3) is 5.91 Å². The van der Waals surface area contributed by atoms with Crippen molar-refractivity contribution in [3.63, 3.8) is 0 Å². The number of rotatable bonds is 6. The Morgan fingerprint density at radius 2 is 2.24 bits per heavy atom. The van der Waals surface area contributed by atoms with Gasteiger partial charge in [-0.2, -0.15) is 10.3 Å². The van der Waals surface area contributed by atoms with Crippen LogP contribution in [0.1, 0.15) is 13.8 Å². The van der Waals surface area contributed by atoms with Gasteiger partial charge in [0.2, 0.25) is 5.91 Å². The van der Waals surface area contributed by atoms with Crippen molar-refractivity contribution in [3.8, 4) is 0 Å². The summed E-state index contributed by atoms with van der Waals surface area (Å²) in [5, 5.41) is 15.9. The van der Waals surface area contributed by atoms with E-state index in [0.717, 1.165) is 9.93 Å². The van der Waals surface area contributed by atoms with Crippen LogP contribution in [0.2, 0.25) is 0 Å². The van der Waals surface area contributed by atoms with Gasteiger partial charge in [-0.15, -0.1) is 16.9 Å². The third-order valence-corrected chi connectivity index (χ3v) is 3.71. The fraction of sp³-hybridized carbons (Fsp3) is 0.545. The first-order chi connectivity index (χ1) is 9.90. The van der Waals surface area contributed by atoms with E-state index in [0.29, 0.717) is 12.3 Å². The normalized spacial score (nSPS) is 17.0. The molecule has 0 aromatic carbocycles. The fourth-order valence-electron chi connectivity index (χ4n) is 1.77. The number of urea groups is 1. The number of amides is 4. The number of thioether (sulfide) groups is 1. The molecule has 10 heteroatoms. The van der Waals surface area contributed by atoms with E-state index in [-0.39, 0.29) is 12.5 Å². The maximum atomic E-state index is 11.9. The number of hydrogen-bond acceptors (Lipinski definition) is 6. The molecule has 1 aliphatic rings. The zero-order valence-electron chi connectivity index (χ0n) is 11.7. The van der Waals surface area contributed by atoms with Crippen molar-refractivity contribution in [1.29, 1.82) is 0 Å². The second-order valence-electron chi connectivity index (χ2n) is 4.95. The number of carbonyl (C=O) groups is 3. The minimum absolute atomic E-state index is 0.275. The molecule has 0 bridgehead atoms. The van der Waals surface area contributed by atoms with Crippen LogP contribution in [0.3, 0.4) is 0 Å². The predicted octanol–water partition coefficient (Wildman–Crippen LogP) is -0.657. The summed E-state index contributed by atoms with van der Waals surface area (Å²) in [6.45, 7) is 3.32. The Hall–Kier alpha value is -2.10. The van der Waals surface area contributed by atoms with Gasteiger partial charge in [0.05, 0.1) is 6.20 Å². The Morgan fingerprint density at radius 1 is 1.48 bits per heavy atom. The van der Waals surface area contributed by atoms with Gasteiger partial charge in [-0.25, -0.2) is 4.79 Å². The van der Waals surface area contributed by atoms with Crippen LogP contribution in [0.4, 0.5) is 4.79 Å². The molecule has 2 heterocycles. The number of H-pyrrole nitrogens is 1. The largest absolute Gasteiger partial charge is 0.354 e. The first-order valence-electron chi connectivity index (χ1n) is 6.29. The number of aromatic nitrogens is 3. The van der Waals surface area contributed by atoms with Crippen molar-refractivity contribution < 1.29 is 14.4 Å². The highest BCUT2D eigenvalue weighted by molar-refractivity contribution is 7.99. The first kappa shape index (κ1) is 15.3. The summed E-state index contributed by atoms with van der Waals surface area (Å²) in [5.74, 6) is -0.166. The average molecular weight is 312 g/mol. The van der Waals surface area contributed by atoms with E-state index in [1.165, 1.54) is 11.8 Å². The smallest absolute Gasteiger partial charge is 0.325 e. The van der Waals surface area contributed by atoms with Gasteiger partial charge < -0.3 is 10.6 Å². The Bertz CT molecular complexity index is 544. The zero-order chi connectivity index (χ0) is 15.5. The topological polar surface area (TPSA) is 120 Å². The minimum atomic E-state index is -0.958. The number of aromatic amines is 1. The maximum absolute atomic E-state index is 11.9. The van der Waals surface area contributed by atoms with Crippen molar-refractivity contribution >= 4 is 29.6 Å². The van der Waals surface area contributed by atoms with E-state index in [2.05, 4.69) is 26.0 Å². The number of nitrogens with one attached hydrogen (secondary N) is 3. The lowest BCUT2D eigenvalue weighted by atomic mass is 10.1. The van der Waals surface area contributed by atoms with Crippen LogP contribution < -0.4 is 10.6 Å². The second kappa shape index (κ2) is 6.12. The lowest BCUT2D eigenvalue weighted by Crippen LogP contribution is -2.43. The molecule has 1 saturated heterocycles. The van der Waals surface area contributed by atoms with Crippen LogP contribution in [-0.2, 0) is 9.59 Å². The molecule has 0 spiro atoms. The average Bonchev–Trinajstić information content (AvgIpc) is 2.98. The molecule has 0 atom stereocenters. The molecule has 3 N–H and O–H groups in total. The van der Waals surface area contributed by atoms with Gasteiger partial charge >= 0.3 is 6.03 Å². The second-order valence-corrected chi connectivity index (χ2v) is 6.07. The Labute approximate surface area is 125 Å². The van der Waals surface area contributed by atoms with E-state index < -0.39 is 17.5 Å². The number of carbonyl (C=O) groups excluding carboxylic acids is 3. The standard InChI is InChI=1S/C11H16N6O3S/c1-11(2)9(19)17(10(20)14-11)6-7(18)12-3-4-21-8-5-13-16-15-8/h5H,3-4,6H2,1-2H3,(H,12,18)(H,14,20)(H,13,15,16). The lowest BCUT2D eigenvalue weighted by molar-refractivity contribution is -0.134. The lowest BCUT2D eigenvalue weighted by Gasteiger charge is -2.15.